The van der Waals surface area contributed by atoms with Gasteiger partial charge in [0, 0.05) is 13.1 Å². The molecule has 3 aliphatic rings. The standard InChI is InChI=1S/C10H11N/c1-11-5-9-7-2-3-8(4-7)10(9)6-11/h2-3H,4-6H2,1H3. The molecule has 1 heterocycles. The molecule has 0 aromatic carbocycles. The largest absolute Gasteiger partial charge is 0.298 e. The number of likely N-dealkylation sites (tertiary alicyclic amines) is 1. The molecule has 1 saturated heterocycles. The smallest absolute Gasteiger partial charge is 0.0240 e. The first-order chi connectivity index (χ1) is 5.34. The third-order valence-electron chi connectivity index (χ3n) is 2.86. The summed E-state index contributed by atoms with van der Waals surface area (Å²) in [6.45, 7) is 2.36. The third kappa shape index (κ3) is 0.596. The van der Waals surface area contributed by atoms with Crippen LogP contribution in [0.2, 0.25) is 0 Å². The fraction of sp³-hybridized carbons (Fsp3) is 0.400. The van der Waals surface area contributed by atoms with E-state index in [1.54, 1.807) is 22.3 Å². The van der Waals surface area contributed by atoms with Crippen LogP contribution in [-0.4, -0.2) is 25.0 Å². The van der Waals surface area contributed by atoms with Gasteiger partial charge in [-0.25, -0.2) is 0 Å². The van der Waals surface area contributed by atoms with Gasteiger partial charge in [0.05, 0.1) is 0 Å². The predicted molar refractivity (Wildman–Crippen MR) is 45.3 cm³/mol. The van der Waals surface area contributed by atoms with E-state index < -0.39 is 0 Å². The monoisotopic (exact) mass is 145 g/mol. The highest BCUT2D eigenvalue weighted by molar-refractivity contribution is 5.62. The van der Waals surface area contributed by atoms with Crippen molar-refractivity contribution in [2.45, 2.75) is 6.42 Å². The second-order valence-electron chi connectivity index (χ2n) is 3.69. The molecule has 0 amide bonds. The first-order valence-electron chi connectivity index (χ1n) is 4.15. The van der Waals surface area contributed by atoms with Crippen molar-refractivity contribution < 1.29 is 0 Å². The molecule has 1 nitrogen and oxygen atoms in total. The summed E-state index contributed by atoms with van der Waals surface area (Å²) >= 11 is 0. The quantitative estimate of drug-likeness (QED) is 0.499. The number of rotatable bonds is 0. The van der Waals surface area contributed by atoms with E-state index in [-0.39, 0.29) is 0 Å². The number of fused-ring (bicyclic) bond motifs is 3. The summed E-state index contributed by atoms with van der Waals surface area (Å²) in [7, 11) is 2.19. The lowest BCUT2D eigenvalue weighted by atomic mass is 10.1. The minimum Gasteiger partial charge on any atom is -0.298 e. The van der Waals surface area contributed by atoms with Crippen LogP contribution in [0, 0.1) is 0 Å². The zero-order valence-corrected chi connectivity index (χ0v) is 6.72. The van der Waals surface area contributed by atoms with Gasteiger partial charge in [0.2, 0.25) is 0 Å². The molecule has 2 aliphatic carbocycles. The maximum Gasteiger partial charge on any atom is 0.0240 e. The van der Waals surface area contributed by atoms with Crippen molar-refractivity contribution in [3.8, 4) is 0 Å². The Morgan fingerprint density at radius 3 is 2.18 bits per heavy atom. The molecule has 2 bridgehead atoms. The molecule has 0 aromatic rings. The summed E-state index contributed by atoms with van der Waals surface area (Å²) in [5.74, 6) is 0. The Balaban J connectivity index is 2.19. The topological polar surface area (TPSA) is 3.24 Å². The molecule has 3 rings (SSSR count). The van der Waals surface area contributed by atoms with Crippen LogP contribution in [0.15, 0.2) is 34.4 Å². The van der Waals surface area contributed by atoms with Gasteiger partial charge in [0.1, 0.15) is 0 Å². The van der Waals surface area contributed by atoms with Crippen LogP contribution >= 0.6 is 0 Å². The fourth-order valence-electron chi connectivity index (χ4n) is 2.32. The first-order valence-corrected chi connectivity index (χ1v) is 4.15. The van der Waals surface area contributed by atoms with E-state index in [1.807, 2.05) is 0 Å². The normalized spacial score (nSPS) is 27.7. The maximum absolute atomic E-state index is 2.39. The molecule has 0 aromatic heterocycles. The highest BCUT2D eigenvalue weighted by Crippen LogP contribution is 2.42. The van der Waals surface area contributed by atoms with E-state index in [4.69, 9.17) is 0 Å². The van der Waals surface area contributed by atoms with E-state index >= 15 is 0 Å². The zero-order chi connectivity index (χ0) is 7.42. The molecule has 11 heavy (non-hydrogen) atoms. The van der Waals surface area contributed by atoms with Gasteiger partial charge in [-0.15, -0.1) is 0 Å². The van der Waals surface area contributed by atoms with Gasteiger partial charge in [-0.1, -0.05) is 12.2 Å². The van der Waals surface area contributed by atoms with Gasteiger partial charge < -0.3 is 0 Å². The molecule has 1 aliphatic heterocycles. The van der Waals surface area contributed by atoms with Gasteiger partial charge >= 0.3 is 0 Å². The minimum atomic E-state index is 1.18. The summed E-state index contributed by atoms with van der Waals surface area (Å²) in [5.41, 5.74) is 6.42. The van der Waals surface area contributed by atoms with Crippen LogP contribution in [0.3, 0.4) is 0 Å². The van der Waals surface area contributed by atoms with Gasteiger partial charge in [0.15, 0.2) is 0 Å². The highest BCUT2D eigenvalue weighted by Gasteiger charge is 2.30. The molecule has 1 heteroatoms. The molecule has 0 atom stereocenters. The Morgan fingerprint density at radius 2 is 1.64 bits per heavy atom. The summed E-state index contributed by atoms with van der Waals surface area (Å²) in [6.07, 6.45) is 5.80. The van der Waals surface area contributed by atoms with Gasteiger partial charge in [0.25, 0.3) is 0 Å². The van der Waals surface area contributed by atoms with E-state index in [9.17, 15) is 0 Å². The average Bonchev–Trinajstić information content (AvgIpc) is 2.53. The second kappa shape index (κ2) is 1.67. The fourth-order valence-corrected chi connectivity index (χ4v) is 2.32. The Bertz CT molecular complexity index is 288. The van der Waals surface area contributed by atoms with Crippen LogP contribution in [0.4, 0.5) is 0 Å². The Labute approximate surface area is 66.7 Å². The van der Waals surface area contributed by atoms with Gasteiger partial charge in [-0.05, 0) is 35.8 Å². The van der Waals surface area contributed by atoms with Crippen LogP contribution < -0.4 is 0 Å². The van der Waals surface area contributed by atoms with Crippen molar-refractivity contribution in [3.05, 3.63) is 34.4 Å². The van der Waals surface area contributed by atoms with E-state index in [0.29, 0.717) is 0 Å². The molecular formula is C10H11N. The molecule has 0 unspecified atom stereocenters. The number of hydrogen-bond donors (Lipinski definition) is 0. The van der Waals surface area contributed by atoms with E-state index in [0.717, 1.165) is 0 Å². The number of allylic oxidation sites excluding steroid dienone is 4. The van der Waals surface area contributed by atoms with E-state index in [2.05, 4.69) is 24.1 Å². The molecular weight excluding hydrogens is 134 g/mol. The SMILES string of the molecule is CN1CC2=C3C=CC(=C2C1)C3. The third-order valence-corrected chi connectivity index (χ3v) is 2.86. The molecule has 0 spiro atoms. The molecule has 1 fully saturated rings. The molecule has 0 radical (unpaired) electrons. The summed E-state index contributed by atoms with van der Waals surface area (Å²) in [6, 6.07) is 0. The number of hydrogen-bond acceptors (Lipinski definition) is 1. The van der Waals surface area contributed by atoms with Crippen LogP contribution in [0.1, 0.15) is 6.42 Å². The minimum absolute atomic E-state index is 1.18. The van der Waals surface area contributed by atoms with Crippen molar-refractivity contribution in [3.63, 3.8) is 0 Å². The summed E-state index contributed by atoms with van der Waals surface area (Å²) < 4.78 is 0. The lowest BCUT2D eigenvalue weighted by Crippen LogP contribution is -2.12. The van der Waals surface area contributed by atoms with Crippen LogP contribution in [0.5, 0.6) is 0 Å². The van der Waals surface area contributed by atoms with Crippen molar-refractivity contribution in [2.24, 2.45) is 0 Å². The van der Waals surface area contributed by atoms with Gasteiger partial charge in [-0.3, -0.25) is 4.90 Å². The lowest BCUT2D eigenvalue weighted by molar-refractivity contribution is 0.436. The second-order valence-corrected chi connectivity index (χ2v) is 3.69. The maximum atomic E-state index is 2.39. The van der Waals surface area contributed by atoms with Crippen molar-refractivity contribution in [1.82, 2.24) is 4.90 Å². The van der Waals surface area contributed by atoms with Crippen LogP contribution in [0.25, 0.3) is 0 Å². The van der Waals surface area contributed by atoms with Crippen LogP contribution in [-0.2, 0) is 0 Å². The number of likely N-dealkylation sites (N-methyl/N-ethyl adjacent to an activating group) is 1. The van der Waals surface area contributed by atoms with Gasteiger partial charge in [-0.2, -0.15) is 0 Å². The Morgan fingerprint density at radius 1 is 1.09 bits per heavy atom. The van der Waals surface area contributed by atoms with Crippen molar-refractivity contribution >= 4 is 0 Å². The molecule has 0 saturated carbocycles. The molecule has 0 N–H and O–H groups in total. The average molecular weight is 145 g/mol. The summed E-state index contributed by atoms with van der Waals surface area (Å²) in [4.78, 5) is 2.39. The zero-order valence-electron chi connectivity index (χ0n) is 6.72. The number of nitrogens with zero attached hydrogens (tertiary/aromatic N) is 1. The summed E-state index contributed by atoms with van der Waals surface area (Å²) in [5, 5.41) is 0. The van der Waals surface area contributed by atoms with Crippen molar-refractivity contribution in [2.75, 3.05) is 20.1 Å². The predicted octanol–water partition coefficient (Wildman–Crippen LogP) is 1.50. The highest BCUT2D eigenvalue weighted by atomic mass is 15.1. The Hall–Kier alpha value is -0.820. The van der Waals surface area contributed by atoms with E-state index in [1.165, 1.54) is 19.5 Å². The Kier molecular flexibility index (Phi) is 0.878. The van der Waals surface area contributed by atoms with Crippen molar-refractivity contribution in [1.29, 1.82) is 0 Å². The molecule has 56 valence electrons. The first kappa shape index (κ1) is 5.78. The lowest BCUT2D eigenvalue weighted by Gasteiger charge is -2.03.